The number of aromatic nitrogens is 2. The Hall–Kier alpha value is -1.55. The molecule has 1 fully saturated rings. The lowest BCUT2D eigenvalue weighted by Gasteiger charge is -2.35. The Labute approximate surface area is 129 Å². The van der Waals surface area contributed by atoms with E-state index < -0.39 is 0 Å². The van der Waals surface area contributed by atoms with E-state index >= 15 is 0 Å². The van der Waals surface area contributed by atoms with Crippen LogP contribution < -0.4 is 0 Å². The van der Waals surface area contributed by atoms with E-state index in [1.54, 1.807) is 12.3 Å². The summed E-state index contributed by atoms with van der Waals surface area (Å²) < 4.78 is 1.81. The minimum Gasteiger partial charge on any atom is -0.337 e. The van der Waals surface area contributed by atoms with Crippen molar-refractivity contribution in [1.82, 2.24) is 14.3 Å². The monoisotopic (exact) mass is 305 g/mol. The summed E-state index contributed by atoms with van der Waals surface area (Å²) in [7, 11) is 0. The number of imidazole rings is 1. The number of amides is 1. The molecule has 3 heterocycles. The van der Waals surface area contributed by atoms with Crippen molar-refractivity contribution in [1.29, 1.82) is 0 Å². The first-order chi connectivity index (χ1) is 9.95. The van der Waals surface area contributed by atoms with Crippen molar-refractivity contribution in [2.45, 2.75) is 27.2 Å². The van der Waals surface area contributed by atoms with Crippen LogP contribution in [0.1, 0.15) is 36.5 Å². The predicted octanol–water partition coefficient (Wildman–Crippen LogP) is 3.41. The fraction of sp³-hybridized carbons (Fsp3) is 0.500. The average molecular weight is 306 g/mol. The maximum Gasteiger partial charge on any atom is 0.272 e. The molecule has 2 unspecified atom stereocenters. The lowest BCUT2D eigenvalue weighted by molar-refractivity contribution is 0.0615. The van der Waals surface area contributed by atoms with E-state index in [1.165, 1.54) is 6.42 Å². The number of fused-ring (bicyclic) bond motifs is 1. The average Bonchev–Trinajstić information content (AvgIpc) is 2.72. The molecule has 3 rings (SSSR count). The number of carbonyl (C=O) groups excluding carboxylic acids is 1. The Morgan fingerprint density at radius 3 is 2.62 bits per heavy atom. The van der Waals surface area contributed by atoms with E-state index in [4.69, 9.17) is 11.6 Å². The van der Waals surface area contributed by atoms with Gasteiger partial charge >= 0.3 is 0 Å². The predicted molar refractivity (Wildman–Crippen MR) is 83.8 cm³/mol. The van der Waals surface area contributed by atoms with Crippen molar-refractivity contribution in [2.75, 3.05) is 13.1 Å². The fourth-order valence-corrected chi connectivity index (χ4v) is 3.53. The maximum atomic E-state index is 12.9. The number of nitrogens with zero attached hydrogens (tertiary/aromatic N) is 3. The third-order valence-corrected chi connectivity index (χ3v) is 4.34. The molecular formula is C16H20ClN3O. The highest BCUT2D eigenvalue weighted by molar-refractivity contribution is 6.30. The molecule has 1 saturated heterocycles. The summed E-state index contributed by atoms with van der Waals surface area (Å²) in [4.78, 5) is 19.3. The molecule has 5 heteroatoms. The zero-order chi connectivity index (χ0) is 15.1. The molecule has 0 bridgehead atoms. The Bertz CT molecular complexity index is 684. The Balaban J connectivity index is 2.01. The van der Waals surface area contributed by atoms with Crippen molar-refractivity contribution in [3.8, 4) is 0 Å². The Kier molecular flexibility index (Phi) is 3.66. The normalized spacial score (nSPS) is 22.8. The Morgan fingerprint density at radius 2 is 1.95 bits per heavy atom. The molecule has 1 amide bonds. The van der Waals surface area contributed by atoms with Crippen LogP contribution in [0.25, 0.3) is 5.65 Å². The lowest BCUT2D eigenvalue weighted by atomic mass is 9.91. The van der Waals surface area contributed by atoms with Gasteiger partial charge in [-0.1, -0.05) is 25.4 Å². The first kappa shape index (κ1) is 14.4. The third-order valence-electron chi connectivity index (χ3n) is 4.12. The number of halogens is 1. The number of carbonyl (C=O) groups is 1. The first-order valence-corrected chi connectivity index (χ1v) is 7.77. The number of piperidine rings is 1. The fourth-order valence-electron chi connectivity index (χ4n) is 3.37. The second kappa shape index (κ2) is 5.34. The number of likely N-dealkylation sites (tertiary alicyclic amines) is 1. The van der Waals surface area contributed by atoms with Crippen LogP contribution in [0.15, 0.2) is 18.3 Å². The van der Waals surface area contributed by atoms with Gasteiger partial charge in [-0.3, -0.25) is 9.20 Å². The molecule has 0 aromatic carbocycles. The zero-order valence-electron chi connectivity index (χ0n) is 12.6. The van der Waals surface area contributed by atoms with Crippen molar-refractivity contribution >= 4 is 23.2 Å². The minimum absolute atomic E-state index is 0.0562. The van der Waals surface area contributed by atoms with Crippen LogP contribution in [0, 0.1) is 18.8 Å². The van der Waals surface area contributed by atoms with Gasteiger partial charge in [-0.2, -0.15) is 0 Å². The van der Waals surface area contributed by atoms with Gasteiger partial charge in [0.1, 0.15) is 11.3 Å². The molecule has 0 radical (unpaired) electrons. The summed E-state index contributed by atoms with van der Waals surface area (Å²) in [5.41, 5.74) is 2.15. The largest absolute Gasteiger partial charge is 0.337 e. The van der Waals surface area contributed by atoms with Crippen molar-refractivity contribution in [3.63, 3.8) is 0 Å². The van der Waals surface area contributed by atoms with Crippen LogP contribution in [0.5, 0.6) is 0 Å². The number of hydrogen-bond donors (Lipinski definition) is 0. The lowest BCUT2D eigenvalue weighted by Crippen LogP contribution is -2.43. The van der Waals surface area contributed by atoms with Gasteiger partial charge in [0.2, 0.25) is 0 Å². The van der Waals surface area contributed by atoms with E-state index in [2.05, 4.69) is 18.8 Å². The summed E-state index contributed by atoms with van der Waals surface area (Å²) in [6.07, 6.45) is 2.95. The number of rotatable bonds is 1. The van der Waals surface area contributed by atoms with E-state index in [0.29, 0.717) is 22.6 Å². The van der Waals surface area contributed by atoms with Crippen molar-refractivity contribution < 1.29 is 4.79 Å². The smallest absolute Gasteiger partial charge is 0.272 e. The van der Waals surface area contributed by atoms with Crippen LogP contribution in [-0.2, 0) is 0 Å². The van der Waals surface area contributed by atoms with Gasteiger partial charge in [0.05, 0.1) is 10.7 Å². The van der Waals surface area contributed by atoms with Crippen LogP contribution in [0.4, 0.5) is 0 Å². The van der Waals surface area contributed by atoms with E-state index in [0.717, 1.165) is 24.4 Å². The van der Waals surface area contributed by atoms with Gasteiger partial charge in [-0.15, -0.1) is 0 Å². The van der Waals surface area contributed by atoms with Gasteiger partial charge in [-0.25, -0.2) is 4.98 Å². The van der Waals surface area contributed by atoms with E-state index in [9.17, 15) is 4.79 Å². The highest BCUT2D eigenvalue weighted by Gasteiger charge is 2.29. The van der Waals surface area contributed by atoms with Crippen LogP contribution in [0.3, 0.4) is 0 Å². The summed E-state index contributed by atoms with van der Waals surface area (Å²) in [5.74, 6) is 1.14. The highest BCUT2D eigenvalue weighted by Crippen LogP contribution is 2.24. The van der Waals surface area contributed by atoms with Gasteiger partial charge in [0, 0.05) is 19.3 Å². The number of hydrogen-bond acceptors (Lipinski definition) is 2. The minimum atomic E-state index is 0.0562. The van der Waals surface area contributed by atoms with Crippen molar-refractivity contribution in [3.05, 3.63) is 34.7 Å². The van der Waals surface area contributed by atoms with Crippen LogP contribution in [0.2, 0.25) is 5.02 Å². The summed E-state index contributed by atoms with van der Waals surface area (Å²) in [6.45, 7) is 7.92. The van der Waals surface area contributed by atoms with Gasteiger partial charge < -0.3 is 4.90 Å². The number of aryl methyl sites for hydroxylation is 1. The summed E-state index contributed by atoms with van der Waals surface area (Å²) in [6, 6.07) is 3.64. The second-order valence-electron chi connectivity index (χ2n) is 6.28. The standard InChI is InChI=1S/C16H20ClN3O/c1-10-6-11(2)8-19(7-10)16(21)15-12(3)18-14-5-4-13(17)9-20(14)15/h4-5,9-11H,6-8H2,1-3H3. The van der Waals surface area contributed by atoms with Gasteiger partial charge in [0.15, 0.2) is 0 Å². The molecule has 0 saturated carbocycles. The molecular weight excluding hydrogens is 286 g/mol. The van der Waals surface area contributed by atoms with Crippen LogP contribution in [-0.4, -0.2) is 33.3 Å². The zero-order valence-corrected chi connectivity index (χ0v) is 13.4. The van der Waals surface area contributed by atoms with E-state index in [1.807, 2.05) is 22.3 Å². The highest BCUT2D eigenvalue weighted by atomic mass is 35.5. The first-order valence-electron chi connectivity index (χ1n) is 7.39. The molecule has 4 nitrogen and oxygen atoms in total. The SMILES string of the molecule is Cc1nc2ccc(Cl)cn2c1C(=O)N1CC(C)CC(C)C1. The molecule has 1 aliphatic heterocycles. The molecule has 2 atom stereocenters. The molecule has 0 spiro atoms. The number of pyridine rings is 1. The summed E-state index contributed by atoms with van der Waals surface area (Å²) >= 11 is 6.06. The van der Waals surface area contributed by atoms with Crippen LogP contribution >= 0.6 is 11.6 Å². The molecule has 1 aliphatic rings. The summed E-state index contributed by atoms with van der Waals surface area (Å²) in [5, 5.41) is 0.606. The quantitative estimate of drug-likeness (QED) is 0.809. The van der Waals surface area contributed by atoms with Crippen molar-refractivity contribution in [2.24, 2.45) is 11.8 Å². The Morgan fingerprint density at radius 1 is 1.29 bits per heavy atom. The van der Waals surface area contributed by atoms with Gasteiger partial charge in [-0.05, 0) is 37.3 Å². The molecule has 112 valence electrons. The molecule has 0 aliphatic carbocycles. The van der Waals surface area contributed by atoms with Gasteiger partial charge in [0.25, 0.3) is 5.91 Å². The molecule has 0 N–H and O–H groups in total. The molecule has 21 heavy (non-hydrogen) atoms. The third kappa shape index (κ3) is 2.64. The van der Waals surface area contributed by atoms with E-state index in [-0.39, 0.29) is 5.91 Å². The maximum absolute atomic E-state index is 12.9. The molecule has 2 aromatic rings. The molecule has 2 aromatic heterocycles. The second-order valence-corrected chi connectivity index (χ2v) is 6.71. The topological polar surface area (TPSA) is 37.6 Å².